The molecule has 0 aromatic heterocycles. The second-order valence-electron chi connectivity index (χ2n) is 5.95. The van der Waals surface area contributed by atoms with Crippen molar-refractivity contribution in [1.29, 1.82) is 0 Å². The Morgan fingerprint density at radius 1 is 1.32 bits per heavy atom. The highest BCUT2D eigenvalue weighted by Crippen LogP contribution is 2.36. The molecule has 4 atom stereocenters. The summed E-state index contributed by atoms with van der Waals surface area (Å²) in [7, 11) is 0. The van der Waals surface area contributed by atoms with E-state index in [0.717, 1.165) is 31.0 Å². The van der Waals surface area contributed by atoms with E-state index in [9.17, 15) is 0 Å². The topological polar surface area (TPSA) is 15.3 Å². The zero-order chi connectivity index (χ0) is 13.1. The van der Waals surface area contributed by atoms with E-state index in [1.54, 1.807) is 0 Å². The first-order chi connectivity index (χ1) is 9.36. The van der Waals surface area contributed by atoms with Gasteiger partial charge in [-0.15, -0.1) is 6.58 Å². The minimum Gasteiger partial charge on any atom is -0.311 e. The van der Waals surface area contributed by atoms with Gasteiger partial charge in [-0.1, -0.05) is 36.4 Å². The zero-order valence-electron chi connectivity index (χ0n) is 11.6. The summed E-state index contributed by atoms with van der Waals surface area (Å²) in [5.41, 5.74) is 1.38. The lowest BCUT2D eigenvalue weighted by Crippen LogP contribution is -2.55. The highest BCUT2D eigenvalue weighted by molar-refractivity contribution is 5.14. The highest BCUT2D eigenvalue weighted by atomic mass is 15.2. The molecule has 0 saturated carbocycles. The Morgan fingerprint density at radius 3 is 2.84 bits per heavy atom. The summed E-state index contributed by atoms with van der Waals surface area (Å²) in [5, 5.41) is 3.62. The molecule has 1 unspecified atom stereocenters. The normalized spacial score (nSPS) is 33.3. The van der Waals surface area contributed by atoms with E-state index in [-0.39, 0.29) is 0 Å². The van der Waals surface area contributed by atoms with Gasteiger partial charge < -0.3 is 5.32 Å². The van der Waals surface area contributed by atoms with E-state index >= 15 is 0 Å². The molecule has 0 aliphatic carbocycles. The van der Waals surface area contributed by atoms with E-state index in [0.29, 0.717) is 0 Å². The summed E-state index contributed by atoms with van der Waals surface area (Å²) in [6.45, 7) is 8.61. The lowest BCUT2D eigenvalue weighted by molar-refractivity contribution is 0.0195. The van der Waals surface area contributed by atoms with Crippen LogP contribution in [0.4, 0.5) is 0 Å². The molecule has 0 radical (unpaired) electrons. The molecule has 3 fully saturated rings. The van der Waals surface area contributed by atoms with E-state index in [1.807, 2.05) is 0 Å². The minimum atomic E-state index is 0.735. The van der Waals surface area contributed by atoms with Crippen molar-refractivity contribution in [3.05, 3.63) is 48.6 Å². The molecule has 2 bridgehead atoms. The number of piperidine rings is 3. The van der Waals surface area contributed by atoms with Gasteiger partial charge >= 0.3 is 0 Å². The molecule has 4 rings (SSSR count). The molecule has 3 aliphatic rings. The fourth-order valence-electron chi connectivity index (χ4n) is 3.64. The largest absolute Gasteiger partial charge is 0.311 e. The number of benzene rings is 1. The average Bonchev–Trinajstić information content (AvgIpc) is 2.49. The number of rotatable bonds is 5. The van der Waals surface area contributed by atoms with E-state index < -0.39 is 0 Å². The van der Waals surface area contributed by atoms with Crippen molar-refractivity contribution in [3.63, 3.8) is 0 Å². The van der Waals surface area contributed by atoms with Crippen molar-refractivity contribution in [1.82, 2.24) is 10.2 Å². The molecule has 2 heteroatoms. The summed E-state index contributed by atoms with van der Waals surface area (Å²) >= 11 is 0. The summed E-state index contributed by atoms with van der Waals surface area (Å²) < 4.78 is 0. The van der Waals surface area contributed by atoms with Crippen LogP contribution in [0.3, 0.4) is 0 Å². The molecule has 1 N–H and O–H groups in total. The third kappa shape index (κ3) is 2.90. The van der Waals surface area contributed by atoms with E-state index in [2.05, 4.69) is 53.2 Å². The van der Waals surface area contributed by atoms with Gasteiger partial charge in [0.05, 0.1) is 0 Å². The Hall–Kier alpha value is -1.12. The summed E-state index contributed by atoms with van der Waals surface area (Å²) in [4.78, 5) is 2.66. The van der Waals surface area contributed by atoms with Gasteiger partial charge in [-0.25, -0.2) is 0 Å². The van der Waals surface area contributed by atoms with Gasteiger partial charge in [-0.05, 0) is 36.8 Å². The summed E-state index contributed by atoms with van der Waals surface area (Å²) in [6.07, 6.45) is 4.88. The van der Waals surface area contributed by atoms with Crippen LogP contribution in [0.15, 0.2) is 43.0 Å². The fourth-order valence-corrected chi connectivity index (χ4v) is 3.64. The van der Waals surface area contributed by atoms with Gasteiger partial charge in [0.1, 0.15) is 0 Å². The SMILES string of the molecule is C=C[C@H]1CN2CC[C@H]1C[C@@H]2CNCc1ccccc1. The van der Waals surface area contributed by atoms with Crippen LogP contribution in [0.5, 0.6) is 0 Å². The van der Waals surface area contributed by atoms with Crippen LogP contribution in [-0.4, -0.2) is 30.6 Å². The quantitative estimate of drug-likeness (QED) is 0.815. The molecule has 19 heavy (non-hydrogen) atoms. The van der Waals surface area contributed by atoms with Crippen molar-refractivity contribution in [2.45, 2.75) is 25.4 Å². The van der Waals surface area contributed by atoms with Crippen LogP contribution in [0.1, 0.15) is 18.4 Å². The Bertz CT molecular complexity index is 415. The Labute approximate surface area is 116 Å². The highest BCUT2D eigenvalue weighted by Gasteiger charge is 2.38. The van der Waals surface area contributed by atoms with Crippen LogP contribution in [0.2, 0.25) is 0 Å². The smallest absolute Gasteiger partial charge is 0.0223 e. The molecule has 3 saturated heterocycles. The molecule has 0 spiro atoms. The predicted molar refractivity (Wildman–Crippen MR) is 79.9 cm³/mol. The minimum absolute atomic E-state index is 0.735. The summed E-state index contributed by atoms with van der Waals surface area (Å²) in [5.74, 6) is 1.62. The van der Waals surface area contributed by atoms with Crippen LogP contribution in [0.25, 0.3) is 0 Å². The number of nitrogens with one attached hydrogen (secondary N) is 1. The molecular weight excluding hydrogens is 232 g/mol. The van der Waals surface area contributed by atoms with Crippen LogP contribution in [0, 0.1) is 11.8 Å². The average molecular weight is 256 g/mol. The Morgan fingerprint density at radius 2 is 2.16 bits per heavy atom. The monoisotopic (exact) mass is 256 g/mol. The molecule has 102 valence electrons. The van der Waals surface area contributed by atoms with E-state index in [4.69, 9.17) is 0 Å². The maximum absolute atomic E-state index is 3.99. The predicted octanol–water partition coefficient (Wildman–Crippen LogP) is 2.67. The number of hydrogen-bond donors (Lipinski definition) is 1. The fraction of sp³-hybridized carbons (Fsp3) is 0.529. The molecular formula is C17H24N2. The third-order valence-electron chi connectivity index (χ3n) is 4.78. The maximum Gasteiger partial charge on any atom is 0.0223 e. The van der Waals surface area contributed by atoms with Crippen molar-refractivity contribution >= 4 is 0 Å². The van der Waals surface area contributed by atoms with Gasteiger partial charge in [0, 0.05) is 25.7 Å². The first-order valence-electron chi connectivity index (χ1n) is 7.48. The van der Waals surface area contributed by atoms with Gasteiger partial charge in [0.25, 0.3) is 0 Å². The number of fused-ring (bicyclic) bond motifs is 3. The maximum atomic E-state index is 3.99. The van der Waals surface area contributed by atoms with Crippen molar-refractivity contribution in [2.24, 2.45) is 11.8 Å². The van der Waals surface area contributed by atoms with Gasteiger partial charge in [0.2, 0.25) is 0 Å². The Balaban J connectivity index is 1.48. The van der Waals surface area contributed by atoms with Crippen LogP contribution >= 0.6 is 0 Å². The van der Waals surface area contributed by atoms with Crippen molar-refractivity contribution in [3.8, 4) is 0 Å². The number of hydrogen-bond acceptors (Lipinski definition) is 2. The van der Waals surface area contributed by atoms with Crippen LogP contribution in [-0.2, 0) is 6.54 Å². The lowest BCUT2D eigenvalue weighted by atomic mass is 9.75. The first kappa shape index (κ1) is 12.9. The standard InChI is InChI=1S/C17H24N2/c1-2-15-13-19-9-8-16(15)10-17(19)12-18-11-14-6-4-3-5-7-14/h2-7,15-18H,1,8-13H2/t15-,16-,17+/m0/s1. The number of nitrogens with zero attached hydrogens (tertiary/aromatic N) is 1. The van der Waals surface area contributed by atoms with Crippen LogP contribution < -0.4 is 5.32 Å². The second kappa shape index (κ2) is 5.89. The lowest BCUT2D eigenvalue weighted by Gasteiger charge is -2.49. The molecule has 1 aromatic rings. The van der Waals surface area contributed by atoms with Crippen molar-refractivity contribution < 1.29 is 0 Å². The third-order valence-corrected chi connectivity index (χ3v) is 4.78. The van der Waals surface area contributed by atoms with Crippen molar-refractivity contribution in [2.75, 3.05) is 19.6 Å². The van der Waals surface area contributed by atoms with Gasteiger partial charge in [0.15, 0.2) is 0 Å². The molecule has 0 amide bonds. The molecule has 3 aliphatic heterocycles. The summed E-state index contributed by atoms with van der Waals surface area (Å²) in [6, 6.07) is 11.4. The van der Waals surface area contributed by atoms with Gasteiger partial charge in [-0.3, -0.25) is 4.90 Å². The molecule has 1 aromatic carbocycles. The Kier molecular flexibility index (Phi) is 4.00. The molecule has 3 heterocycles. The zero-order valence-corrected chi connectivity index (χ0v) is 11.6. The molecule has 2 nitrogen and oxygen atoms in total. The van der Waals surface area contributed by atoms with Gasteiger partial charge in [-0.2, -0.15) is 0 Å². The van der Waals surface area contributed by atoms with E-state index in [1.165, 1.54) is 31.5 Å². The second-order valence-corrected chi connectivity index (χ2v) is 5.95. The first-order valence-corrected chi connectivity index (χ1v) is 7.48.